The number of carbonyl (C=O) groups excluding carboxylic acids is 1. The van der Waals surface area contributed by atoms with Crippen LogP contribution < -0.4 is 0 Å². The molecule has 3 rings (SSSR count). The molecular formula is C14H18F4N2O. The second kappa shape index (κ2) is 5.42. The van der Waals surface area contributed by atoms with E-state index in [4.69, 9.17) is 0 Å². The number of rotatable bonds is 3. The maximum atomic E-state index is 13.9. The molecule has 0 radical (unpaired) electrons. The van der Waals surface area contributed by atoms with Crippen molar-refractivity contribution in [2.45, 2.75) is 58.4 Å². The van der Waals surface area contributed by atoms with Gasteiger partial charge >= 0.3 is 0 Å². The number of carbonyl (C=O) groups is 1. The zero-order valence-corrected chi connectivity index (χ0v) is 12.2. The molecule has 2 aliphatic carbocycles. The molecule has 3 nitrogen and oxygen atoms in total. The van der Waals surface area contributed by atoms with Gasteiger partial charge < -0.3 is 0 Å². The number of hydrogen-bond acceptors (Lipinski definition) is 2. The van der Waals surface area contributed by atoms with Crippen LogP contribution in [0.15, 0.2) is 0 Å². The van der Waals surface area contributed by atoms with Crippen molar-refractivity contribution >= 4 is 5.78 Å². The van der Waals surface area contributed by atoms with E-state index in [0.717, 1.165) is 4.68 Å². The summed E-state index contributed by atoms with van der Waals surface area (Å²) in [6, 6.07) is 0. The Balaban J connectivity index is 0.000000497. The minimum absolute atomic E-state index is 0.0266. The summed E-state index contributed by atoms with van der Waals surface area (Å²) in [7, 11) is 0. The molecule has 0 aliphatic heterocycles. The highest BCUT2D eigenvalue weighted by Crippen LogP contribution is 2.68. The summed E-state index contributed by atoms with van der Waals surface area (Å²) in [6.07, 6.45) is -1.41. The predicted octanol–water partition coefficient (Wildman–Crippen LogP) is 4.03. The SMILES string of the molecule is CC(=O)Cn1nc(C(F)F)c2c1C(F)(F)C1CC21.CCC. The lowest BCUT2D eigenvalue weighted by atomic mass is 10.1. The molecule has 1 aromatic rings. The standard InChI is InChI=1S/C11H10F4N2O.C3H8/c1-4(18)3-17-9-7(8(16-17)10(12)13)5-2-6(5)11(9,14)15;1-3-2/h5-6,10H,2-3H2,1H3;3H2,1-2H3. The quantitative estimate of drug-likeness (QED) is 0.790. The molecule has 0 bridgehead atoms. The average molecular weight is 306 g/mol. The highest BCUT2D eigenvalue weighted by atomic mass is 19.3. The van der Waals surface area contributed by atoms with E-state index in [9.17, 15) is 22.4 Å². The maximum absolute atomic E-state index is 13.9. The van der Waals surface area contributed by atoms with Crippen molar-refractivity contribution < 1.29 is 22.4 Å². The smallest absolute Gasteiger partial charge is 0.293 e. The summed E-state index contributed by atoms with van der Waals surface area (Å²) in [5, 5.41) is 3.51. The molecule has 7 heteroatoms. The van der Waals surface area contributed by atoms with Crippen molar-refractivity contribution in [2.75, 3.05) is 0 Å². The van der Waals surface area contributed by atoms with E-state index >= 15 is 0 Å². The van der Waals surface area contributed by atoms with E-state index in [1.54, 1.807) is 0 Å². The Morgan fingerprint density at radius 1 is 1.43 bits per heavy atom. The summed E-state index contributed by atoms with van der Waals surface area (Å²) in [5.74, 6) is -4.94. The molecule has 118 valence electrons. The van der Waals surface area contributed by atoms with Crippen LogP contribution in [0, 0.1) is 5.92 Å². The summed E-state index contributed by atoms with van der Waals surface area (Å²) < 4.78 is 54.3. The van der Waals surface area contributed by atoms with Gasteiger partial charge in [-0.1, -0.05) is 20.3 Å². The topological polar surface area (TPSA) is 34.9 Å². The van der Waals surface area contributed by atoms with E-state index in [1.165, 1.54) is 13.3 Å². The van der Waals surface area contributed by atoms with Crippen LogP contribution >= 0.6 is 0 Å². The Labute approximate surface area is 120 Å². The third-order valence-electron chi connectivity index (χ3n) is 3.54. The molecule has 0 amide bonds. The minimum atomic E-state index is -3.14. The molecule has 0 N–H and O–H groups in total. The lowest BCUT2D eigenvalue weighted by Crippen LogP contribution is -2.22. The van der Waals surface area contributed by atoms with Gasteiger partial charge in [0.1, 0.15) is 11.4 Å². The van der Waals surface area contributed by atoms with E-state index in [1.807, 2.05) is 0 Å². The second-order valence-electron chi connectivity index (χ2n) is 5.59. The van der Waals surface area contributed by atoms with Gasteiger partial charge in [-0.05, 0) is 19.3 Å². The zero-order chi connectivity index (χ0) is 15.9. The summed E-state index contributed by atoms with van der Waals surface area (Å²) in [5.41, 5.74) is -1.09. The maximum Gasteiger partial charge on any atom is 0.293 e. The molecule has 2 aliphatic rings. The van der Waals surface area contributed by atoms with Crippen LogP contribution in [0.1, 0.15) is 62.9 Å². The molecule has 0 aromatic carbocycles. The van der Waals surface area contributed by atoms with Gasteiger partial charge in [0.15, 0.2) is 5.78 Å². The van der Waals surface area contributed by atoms with Crippen molar-refractivity contribution in [3.63, 3.8) is 0 Å². The van der Waals surface area contributed by atoms with Crippen LogP contribution in [0.25, 0.3) is 0 Å². The number of nitrogens with zero attached hydrogens (tertiary/aromatic N) is 2. The van der Waals surface area contributed by atoms with Crippen molar-refractivity contribution in [2.24, 2.45) is 5.92 Å². The number of fused-ring (bicyclic) bond motifs is 3. The average Bonchev–Trinajstić information content (AvgIpc) is 3.00. The highest BCUT2D eigenvalue weighted by molar-refractivity contribution is 5.75. The Bertz CT molecular complexity index is 553. The first-order chi connectivity index (χ1) is 9.75. The number of aromatic nitrogens is 2. The van der Waals surface area contributed by atoms with Gasteiger partial charge in [0.2, 0.25) is 0 Å². The monoisotopic (exact) mass is 306 g/mol. The van der Waals surface area contributed by atoms with Gasteiger partial charge in [0, 0.05) is 11.5 Å². The number of halogens is 4. The molecule has 2 unspecified atom stereocenters. The zero-order valence-electron chi connectivity index (χ0n) is 12.2. The van der Waals surface area contributed by atoms with Crippen LogP contribution in [0.5, 0.6) is 0 Å². The fourth-order valence-corrected chi connectivity index (χ4v) is 2.79. The lowest BCUT2D eigenvalue weighted by molar-refractivity contribution is -0.118. The van der Waals surface area contributed by atoms with Gasteiger partial charge in [-0.3, -0.25) is 9.48 Å². The fourth-order valence-electron chi connectivity index (χ4n) is 2.79. The molecule has 1 fully saturated rings. The van der Waals surface area contributed by atoms with Gasteiger partial charge in [0.05, 0.1) is 6.54 Å². The third-order valence-corrected chi connectivity index (χ3v) is 3.54. The van der Waals surface area contributed by atoms with Crippen molar-refractivity contribution in [3.8, 4) is 0 Å². The lowest BCUT2D eigenvalue weighted by Gasteiger charge is -2.14. The summed E-state index contributed by atoms with van der Waals surface area (Å²) in [4.78, 5) is 11.0. The van der Waals surface area contributed by atoms with E-state index in [0.29, 0.717) is 0 Å². The van der Waals surface area contributed by atoms with E-state index in [-0.39, 0.29) is 18.5 Å². The Morgan fingerprint density at radius 3 is 2.48 bits per heavy atom. The van der Waals surface area contributed by atoms with Crippen molar-refractivity contribution in [1.29, 1.82) is 0 Å². The third kappa shape index (κ3) is 2.58. The molecule has 0 spiro atoms. The van der Waals surface area contributed by atoms with Gasteiger partial charge in [-0.25, -0.2) is 8.78 Å². The van der Waals surface area contributed by atoms with Gasteiger partial charge in [-0.2, -0.15) is 13.9 Å². The highest BCUT2D eigenvalue weighted by Gasteiger charge is 2.67. The molecule has 1 aromatic heterocycles. The number of ketones is 1. The first-order valence-electron chi connectivity index (χ1n) is 7.02. The molecule has 21 heavy (non-hydrogen) atoms. The van der Waals surface area contributed by atoms with Crippen LogP contribution in [-0.2, 0) is 17.3 Å². The van der Waals surface area contributed by atoms with E-state index in [2.05, 4.69) is 18.9 Å². The van der Waals surface area contributed by atoms with Crippen LogP contribution in [0.2, 0.25) is 0 Å². The van der Waals surface area contributed by atoms with Gasteiger partial charge in [0.25, 0.3) is 12.3 Å². The molecule has 0 saturated heterocycles. The Hall–Kier alpha value is -1.40. The molecule has 2 atom stereocenters. The van der Waals surface area contributed by atoms with E-state index < -0.39 is 41.4 Å². The Morgan fingerprint density at radius 2 is 2.00 bits per heavy atom. The number of hydrogen-bond donors (Lipinski definition) is 0. The predicted molar refractivity (Wildman–Crippen MR) is 68.6 cm³/mol. The van der Waals surface area contributed by atoms with Crippen LogP contribution in [0.4, 0.5) is 17.6 Å². The van der Waals surface area contributed by atoms with Crippen molar-refractivity contribution in [3.05, 3.63) is 17.0 Å². The van der Waals surface area contributed by atoms with Crippen molar-refractivity contribution in [1.82, 2.24) is 9.78 Å². The van der Waals surface area contributed by atoms with Crippen LogP contribution in [0.3, 0.4) is 0 Å². The summed E-state index contributed by atoms with van der Waals surface area (Å²) >= 11 is 0. The second-order valence-corrected chi connectivity index (χ2v) is 5.59. The first kappa shape index (κ1) is 16.0. The first-order valence-corrected chi connectivity index (χ1v) is 7.02. The fraction of sp³-hybridized carbons (Fsp3) is 0.714. The molecule has 1 heterocycles. The molecule has 1 saturated carbocycles. The normalized spacial score (nSPS) is 24.2. The van der Waals surface area contributed by atoms with Crippen LogP contribution in [-0.4, -0.2) is 15.6 Å². The molecular weight excluding hydrogens is 288 g/mol. The largest absolute Gasteiger partial charge is 0.298 e. The number of Topliss-reactive ketones (excluding diaryl/α,β-unsaturated/α-hetero) is 1. The Kier molecular flexibility index (Phi) is 4.13. The summed E-state index contributed by atoms with van der Waals surface area (Å²) in [6.45, 7) is 5.08. The minimum Gasteiger partial charge on any atom is -0.298 e. The van der Waals surface area contributed by atoms with Gasteiger partial charge in [-0.15, -0.1) is 0 Å². The number of alkyl halides is 4.